The van der Waals surface area contributed by atoms with Crippen molar-refractivity contribution in [3.05, 3.63) is 12.2 Å². The van der Waals surface area contributed by atoms with E-state index in [1.54, 1.807) is 6.92 Å². The Balaban J connectivity index is 4.11. The molecule has 0 aromatic carbocycles. The number of carbonyl (C=O) groups is 1. The molecule has 3 nitrogen and oxygen atoms in total. The number of carbonyl (C=O) groups excluding carboxylic acids is 1. The van der Waals surface area contributed by atoms with Gasteiger partial charge in [-0.15, -0.1) is 0 Å². The topological polar surface area (TPSA) is 52.9 Å². The molecule has 1 unspecified atom stereocenters. The first-order valence-corrected chi connectivity index (χ1v) is 2.94. The zero-order valence-corrected chi connectivity index (χ0v) is 6.14. The predicted molar refractivity (Wildman–Crippen MR) is 38.0 cm³/mol. The molecular weight excluding hydrogens is 128 g/mol. The second-order valence-electron chi connectivity index (χ2n) is 1.97. The summed E-state index contributed by atoms with van der Waals surface area (Å²) in [5, 5.41) is 10.7. The molecule has 1 atom stereocenters. The van der Waals surface area contributed by atoms with Gasteiger partial charge in [-0.05, 0) is 6.92 Å². The van der Waals surface area contributed by atoms with Gasteiger partial charge in [0.2, 0.25) is 5.91 Å². The van der Waals surface area contributed by atoms with Gasteiger partial charge in [-0.25, -0.2) is 0 Å². The number of hydrogen-bond donors (Lipinski definition) is 1. The second-order valence-corrected chi connectivity index (χ2v) is 1.97. The lowest BCUT2D eigenvalue weighted by atomic mass is 10.0. The van der Waals surface area contributed by atoms with Gasteiger partial charge in [0.25, 0.3) is 0 Å². The fraction of sp³-hybridized carbons (Fsp3) is 0.429. The molecule has 0 saturated heterocycles. The number of hydrogen-bond acceptors (Lipinski definition) is 2. The summed E-state index contributed by atoms with van der Waals surface area (Å²) in [5.74, 6) is -0.582. The van der Waals surface area contributed by atoms with E-state index in [4.69, 9.17) is 5.26 Å². The molecule has 0 heterocycles. The van der Waals surface area contributed by atoms with Crippen LogP contribution in [-0.4, -0.2) is 13.0 Å². The highest BCUT2D eigenvalue weighted by Crippen LogP contribution is 2.05. The largest absolute Gasteiger partial charge is 0.359 e. The maximum atomic E-state index is 10.8. The van der Waals surface area contributed by atoms with Crippen LogP contribution in [0.2, 0.25) is 0 Å². The summed E-state index contributed by atoms with van der Waals surface area (Å²) in [4.78, 5) is 10.8. The Morgan fingerprint density at radius 2 is 2.30 bits per heavy atom. The number of nitriles is 1. The van der Waals surface area contributed by atoms with Crippen LogP contribution in [-0.2, 0) is 4.79 Å². The molecule has 0 spiro atoms. The summed E-state index contributed by atoms with van der Waals surface area (Å²) in [5.41, 5.74) is 0.291. The van der Waals surface area contributed by atoms with E-state index < -0.39 is 5.92 Å². The number of rotatable bonds is 2. The molecule has 0 fully saturated rings. The molecule has 0 rings (SSSR count). The molecule has 0 aliphatic heterocycles. The highest BCUT2D eigenvalue weighted by atomic mass is 16.1. The second kappa shape index (κ2) is 3.67. The SMILES string of the molecule is C=C(C#N)C(C)C(=O)NC. The third-order valence-electron chi connectivity index (χ3n) is 1.31. The minimum atomic E-state index is -0.407. The predicted octanol–water partition coefficient (Wildman–Crippen LogP) is 0.448. The Labute approximate surface area is 60.3 Å². The Hall–Kier alpha value is -1.30. The molecule has 1 amide bonds. The van der Waals surface area contributed by atoms with Gasteiger partial charge in [0.1, 0.15) is 0 Å². The molecular formula is C7H10N2O. The van der Waals surface area contributed by atoms with E-state index in [0.29, 0.717) is 5.57 Å². The Bertz CT molecular complexity index is 190. The summed E-state index contributed by atoms with van der Waals surface area (Å²) in [6, 6.07) is 1.82. The molecule has 1 N–H and O–H groups in total. The summed E-state index contributed by atoms with van der Waals surface area (Å²) in [6.07, 6.45) is 0. The molecule has 0 aliphatic rings. The van der Waals surface area contributed by atoms with Gasteiger partial charge in [0.05, 0.1) is 12.0 Å². The van der Waals surface area contributed by atoms with E-state index in [-0.39, 0.29) is 5.91 Å². The first kappa shape index (κ1) is 8.70. The average molecular weight is 138 g/mol. The highest BCUT2D eigenvalue weighted by Gasteiger charge is 2.13. The Morgan fingerprint density at radius 1 is 1.80 bits per heavy atom. The van der Waals surface area contributed by atoms with Crippen molar-refractivity contribution in [2.45, 2.75) is 6.92 Å². The first-order chi connectivity index (χ1) is 4.63. The maximum Gasteiger partial charge on any atom is 0.227 e. The van der Waals surface area contributed by atoms with Crippen molar-refractivity contribution in [1.82, 2.24) is 5.32 Å². The van der Waals surface area contributed by atoms with E-state index in [0.717, 1.165) is 0 Å². The van der Waals surface area contributed by atoms with Crippen LogP contribution in [0.1, 0.15) is 6.92 Å². The smallest absolute Gasteiger partial charge is 0.227 e. The standard InChI is InChI=1S/C7H10N2O/c1-5(4-8)6(2)7(10)9-3/h6H,1H2,2-3H3,(H,9,10). The molecule has 3 heteroatoms. The van der Waals surface area contributed by atoms with Gasteiger partial charge in [0.15, 0.2) is 0 Å². The van der Waals surface area contributed by atoms with E-state index in [1.165, 1.54) is 7.05 Å². The molecule has 0 radical (unpaired) electrons. The van der Waals surface area contributed by atoms with Crippen molar-refractivity contribution >= 4 is 5.91 Å². The monoisotopic (exact) mass is 138 g/mol. The van der Waals surface area contributed by atoms with Gasteiger partial charge >= 0.3 is 0 Å². The number of amides is 1. The zero-order valence-electron chi connectivity index (χ0n) is 6.14. The van der Waals surface area contributed by atoms with E-state index in [1.807, 2.05) is 6.07 Å². The highest BCUT2D eigenvalue weighted by molar-refractivity contribution is 5.81. The van der Waals surface area contributed by atoms with E-state index in [2.05, 4.69) is 11.9 Å². The Kier molecular flexibility index (Phi) is 3.20. The minimum Gasteiger partial charge on any atom is -0.359 e. The number of nitrogens with zero attached hydrogens (tertiary/aromatic N) is 1. The Morgan fingerprint density at radius 3 is 2.60 bits per heavy atom. The first-order valence-electron chi connectivity index (χ1n) is 2.94. The maximum absolute atomic E-state index is 10.8. The third kappa shape index (κ3) is 1.90. The fourth-order valence-electron chi connectivity index (χ4n) is 0.472. The van der Waals surface area contributed by atoms with Crippen LogP contribution in [0.4, 0.5) is 0 Å². The van der Waals surface area contributed by atoms with Crippen LogP contribution >= 0.6 is 0 Å². The molecule has 0 bridgehead atoms. The summed E-state index contributed by atoms with van der Waals surface area (Å²) in [6.45, 7) is 5.06. The molecule has 0 aliphatic carbocycles. The van der Waals surface area contributed by atoms with Crippen molar-refractivity contribution < 1.29 is 4.79 Å². The van der Waals surface area contributed by atoms with Gasteiger partial charge < -0.3 is 5.32 Å². The van der Waals surface area contributed by atoms with Crippen molar-refractivity contribution in [2.75, 3.05) is 7.05 Å². The van der Waals surface area contributed by atoms with Gasteiger partial charge in [-0.2, -0.15) is 5.26 Å². The van der Waals surface area contributed by atoms with Gasteiger partial charge in [-0.3, -0.25) is 4.79 Å². The zero-order chi connectivity index (χ0) is 8.15. The van der Waals surface area contributed by atoms with Crippen LogP contribution < -0.4 is 5.32 Å². The average Bonchev–Trinajstić information content (AvgIpc) is 2.00. The fourth-order valence-corrected chi connectivity index (χ4v) is 0.472. The summed E-state index contributed by atoms with van der Waals surface area (Å²) in [7, 11) is 1.53. The van der Waals surface area contributed by atoms with Crippen molar-refractivity contribution in [3.8, 4) is 6.07 Å². The van der Waals surface area contributed by atoms with Crippen LogP contribution in [0.15, 0.2) is 12.2 Å². The molecule has 0 aromatic heterocycles. The van der Waals surface area contributed by atoms with Gasteiger partial charge in [0, 0.05) is 12.6 Å². The van der Waals surface area contributed by atoms with Crippen LogP contribution in [0.25, 0.3) is 0 Å². The normalized spacial score (nSPS) is 11.3. The van der Waals surface area contributed by atoms with Crippen molar-refractivity contribution in [1.29, 1.82) is 5.26 Å². The van der Waals surface area contributed by atoms with Crippen LogP contribution in [0, 0.1) is 17.2 Å². The molecule has 10 heavy (non-hydrogen) atoms. The van der Waals surface area contributed by atoms with Crippen molar-refractivity contribution in [3.63, 3.8) is 0 Å². The lowest BCUT2D eigenvalue weighted by molar-refractivity contribution is -0.122. The van der Waals surface area contributed by atoms with Crippen molar-refractivity contribution in [2.24, 2.45) is 5.92 Å². The molecule has 0 saturated carbocycles. The third-order valence-corrected chi connectivity index (χ3v) is 1.31. The number of nitrogens with one attached hydrogen (secondary N) is 1. The molecule has 54 valence electrons. The quantitative estimate of drug-likeness (QED) is 0.563. The van der Waals surface area contributed by atoms with Crippen LogP contribution in [0.3, 0.4) is 0 Å². The van der Waals surface area contributed by atoms with Gasteiger partial charge in [-0.1, -0.05) is 6.58 Å². The van der Waals surface area contributed by atoms with E-state index >= 15 is 0 Å². The minimum absolute atomic E-state index is 0.174. The van der Waals surface area contributed by atoms with E-state index in [9.17, 15) is 4.79 Å². The summed E-state index contributed by atoms with van der Waals surface area (Å²) >= 11 is 0. The lowest BCUT2D eigenvalue weighted by Gasteiger charge is -2.05. The molecule has 0 aromatic rings. The lowest BCUT2D eigenvalue weighted by Crippen LogP contribution is -2.25. The summed E-state index contributed by atoms with van der Waals surface area (Å²) < 4.78 is 0. The van der Waals surface area contributed by atoms with Crippen LogP contribution in [0.5, 0.6) is 0 Å².